The molecule has 3 nitrogen and oxygen atoms in total. The Kier molecular flexibility index (Phi) is 4.61. The fourth-order valence-electron chi connectivity index (χ4n) is 2.56. The molecule has 0 bridgehead atoms. The van der Waals surface area contributed by atoms with Gasteiger partial charge in [0.25, 0.3) is 0 Å². The topological polar surface area (TPSA) is 43.7 Å². The summed E-state index contributed by atoms with van der Waals surface area (Å²) in [5, 5.41) is 19.4. The number of anilines is 1. The molecule has 18 heavy (non-hydrogen) atoms. The molecule has 2 N–H and O–H groups in total. The van der Waals surface area contributed by atoms with Crippen LogP contribution < -0.4 is 4.90 Å². The van der Waals surface area contributed by atoms with Gasteiger partial charge in [-0.3, -0.25) is 0 Å². The van der Waals surface area contributed by atoms with Crippen LogP contribution in [0.5, 0.6) is 0 Å². The Morgan fingerprint density at radius 2 is 2.06 bits per heavy atom. The molecule has 0 saturated heterocycles. The Labute approximate surface area is 109 Å². The fraction of sp³-hybridized carbons (Fsp3) is 0.600. The molecule has 0 unspecified atom stereocenters. The molecule has 1 aromatic rings. The molecule has 1 atom stereocenters. The average molecular weight is 249 g/mol. The van der Waals surface area contributed by atoms with Crippen LogP contribution >= 0.6 is 0 Å². The van der Waals surface area contributed by atoms with Gasteiger partial charge in [0.05, 0.1) is 12.7 Å². The van der Waals surface area contributed by atoms with Crippen molar-refractivity contribution in [1.29, 1.82) is 0 Å². The zero-order chi connectivity index (χ0) is 13.0. The summed E-state index contributed by atoms with van der Waals surface area (Å²) in [7, 11) is 0. The molecule has 3 heteroatoms. The third kappa shape index (κ3) is 2.68. The van der Waals surface area contributed by atoms with Crippen LogP contribution in [0.15, 0.2) is 24.3 Å². The third-order valence-corrected chi connectivity index (χ3v) is 3.85. The summed E-state index contributed by atoms with van der Waals surface area (Å²) in [6.07, 6.45) is 3.95. The van der Waals surface area contributed by atoms with Gasteiger partial charge in [-0.15, -0.1) is 0 Å². The number of aliphatic hydroxyl groups is 2. The highest BCUT2D eigenvalue weighted by molar-refractivity contribution is 5.55. The normalized spacial score (nSPS) is 17.3. The van der Waals surface area contributed by atoms with Crippen molar-refractivity contribution < 1.29 is 10.2 Å². The number of para-hydroxylation sites is 1. The third-order valence-electron chi connectivity index (χ3n) is 3.85. The maximum absolute atomic E-state index is 10.1. The Bertz CT molecular complexity index is 377. The number of nitrogens with zero attached hydrogens (tertiary/aromatic N) is 1. The highest BCUT2D eigenvalue weighted by Crippen LogP contribution is 2.34. The lowest BCUT2D eigenvalue weighted by molar-refractivity contribution is 0.173. The van der Waals surface area contributed by atoms with E-state index in [0.717, 1.165) is 11.3 Å². The first-order valence-electron chi connectivity index (χ1n) is 6.92. The van der Waals surface area contributed by atoms with Gasteiger partial charge in [0.1, 0.15) is 0 Å². The Hall–Kier alpha value is -1.06. The van der Waals surface area contributed by atoms with E-state index in [4.69, 9.17) is 0 Å². The van der Waals surface area contributed by atoms with Gasteiger partial charge in [-0.05, 0) is 31.7 Å². The minimum absolute atomic E-state index is 0.160. The SMILES string of the molecule is CC[C@@H](O)c1ccccc1N(CCO)C1CCC1. The van der Waals surface area contributed by atoms with E-state index in [2.05, 4.69) is 11.0 Å². The van der Waals surface area contributed by atoms with Crippen molar-refractivity contribution in [2.75, 3.05) is 18.1 Å². The van der Waals surface area contributed by atoms with Gasteiger partial charge < -0.3 is 15.1 Å². The maximum atomic E-state index is 10.1. The molecule has 1 aromatic carbocycles. The second kappa shape index (κ2) is 6.21. The predicted molar refractivity (Wildman–Crippen MR) is 73.8 cm³/mol. The zero-order valence-corrected chi connectivity index (χ0v) is 11.0. The highest BCUT2D eigenvalue weighted by atomic mass is 16.3. The molecule has 1 saturated carbocycles. The Morgan fingerprint density at radius 1 is 1.33 bits per heavy atom. The molecule has 1 aliphatic rings. The Balaban J connectivity index is 2.27. The molecule has 1 fully saturated rings. The van der Waals surface area contributed by atoms with Crippen molar-refractivity contribution >= 4 is 5.69 Å². The predicted octanol–water partition coefficient (Wildman–Crippen LogP) is 2.48. The quantitative estimate of drug-likeness (QED) is 0.814. The fourth-order valence-corrected chi connectivity index (χ4v) is 2.56. The molecule has 0 radical (unpaired) electrons. The standard InChI is InChI=1S/C15H23NO2/c1-2-15(18)13-8-3-4-9-14(13)16(10-11-17)12-6-5-7-12/h3-4,8-9,12,15,17-18H,2,5-7,10-11H2,1H3/t15-/m1/s1. The molecule has 0 aromatic heterocycles. The monoisotopic (exact) mass is 249 g/mol. The summed E-state index contributed by atoms with van der Waals surface area (Å²) in [6.45, 7) is 2.80. The summed E-state index contributed by atoms with van der Waals surface area (Å²) in [5.41, 5.74) is 2.07. The van der Waals surface area contributed by atoms with Gasteiger partial charge in [0, 0.05) is 23.8 Å². The van der Waals surface area contributed by atoms with Gasteiger partial charge >= 0.3 is 0 Å². The first-order chi connectivity index (χ1) is 8.77. The van der Waals surface area contributed by atoms with Crippen molar-refractivity contribution in [3.8, 4) is 0 Å². The van der Waals surface area contributed by atoms with Gasteiger partial charge in [-0.2, -0.15) is 0 Å². The molecule has 0 heterocycles. The lowest BCUT2D eigenvalue weighted by Gasteiger charge is -2.40. The molecule has 0 spiro atoms. The smallest absolute Gasteiger partial charge is 0.0807 e. The molecular weight excluding hydrogens is 226 g/mol. The van der Waals surface area contributed by atoms with E-state index in [-0.39, 0.29) is 6.61 Å². The van der Waals surface area contributed by atoms with Crippen LogP contribution in [0.1, 0.15) is 44.3 Å². The van der Waals surface area contributed by atoms with Gasteiger partial charge in [-0.25, -0.2) is 0 Å². The van der Waals surface area contributed by atoms with E-state index in [9.17, 15) is 10.2 Å². The largest absolute Gasteiger partial charge is 0.395 e. The number of benzene rings is 1. The Morgan fingerprint density at radius 3 is 2.61 bits per heavy atom. The molecule has 100 valence electrons. The summed E-state index contributed by atoms with van der Waals surface area (Å²) in [6, 6.07) is 8.55. The van der Waals surface area contributed by atoms with Crippen LogP contribution in [0.4, 0.5) is 5.69 Å². The van der Waals surface area contributed by atoms with E-state index in [1.165, 1.54) is 19.3 Å². The molecule has 1 aliphatic carbocycles. The maximum Gasteiger partial charge on any atom is 0.0807 e. The number of aliphatic hydroxyl groups excluding tert-OH is 2. The number of hydrogen-bond acceptors (Lipinski definition) is 3. The van der Waals surface area contributed by atoms with Crippen molar-refractivity contribution in [3.05, 3.63) is 29.8 Å². The van der Waals surface area contributed by atoms with Gasteiger partial charge in [0.2, 0.25) is 0 Å². The van der Waals surface area contributed by atoms with Crippen molar-refractivity contribution in [1.82, 2.24) is 0 Å². The van der Waals surface area contributed by atoms with E-state index < -0.39 is 6.10 Å². The molecule has 2 rings (SSSR count). The second-order valence-corrected chi connectivity index (χ2v) is 4.98. The van der Waals surface area contributed by atoms with Crippen LogP contribution in [0.2, 0.25) is 0 Å². The van der Waals surface area contributed by atoms with E-state index in [1.54, 1.807) is 0 Å². The summed E-state index contributed by atoms with van der Waals surface area (Å²) in [5.74, 6) is 0. The molecular formula is C15H23NO2. The van der Waals surface area contributed by atoms with E-state index in [0.29, 0.717) is 19.0 Å². The zero-order valence-electron chi connectivity index (χ0n) is 11.0. The summed E-state index contributed by atoms with van der Waals surface area (Å²) in [4.78, 5) is 2.26. The van der Waals surface area contributed by atoms with Crippen molar-refractivity contribution in [2.45, 2.75) is 44.8 Å². The van der Waals surface area contributed by atoms with Crippen LogP contribution in [-0.2, 0) is 0 Å². The minimum atomic E-state index is -0.414. The number of rotatable bonds is 6. The lowest BCUT2D eigenvalue weighted by Crippen LogP contribution is -2.42. The summed E-state index contributed by atoms with van der Waals surface area (Å²) < 4.78 is 0. The first kappa shape index (κ1) is 13.4. The molecule has 0 amide bonds. The lowest BCUT2D eigenvalue weighted by atomic mass is 9.90. The summed E-state index contributed by atoms with van der Waals surface area (Å²) >= 11 is 0. The van der Waals surface area contributed by atoms with Crippen LogP contribution in [-0.4, -0.2) is 29.4 Å². The van der Waals surface area contributed by atoms with Crippen LogP contribution in [0.3, 0.4) is 0 Å². The van der Waals surface area contributed by atoms with Gasteiger partial charge in [0.15, 0.2) is 0 Å². The van der Waals surface area contributed by atoms with E-state index >= 15 is 0 Å². The highest BCUT2D eigenvalue weighted by Gasteiger charge is 2.27. The van der Waals surface area contributed by atoms with Crippen molar-refractivity contribution in [2.24, 2.45) is 0 Å². The minimum Gasteiger partial charge on any atom is -0.395 e. The van der Waals surface area contributed by atoms with Crippen molar-refractivity contribution in [3.63, 3.8) is 0 Å². The van der Waals surface area contributed by atoms with E-state index in [1.807, 2.05) is 25.1 Å². The van der Waals surface area contributed by atoms with Crippen LogP contribution in [0.25, 0.3) is 0 Å². The number of hydrogen-bond donors (Lipinski definition) is 2. The average Bonchev–Trinajstić information content (AvgIpc) is 2.35. The van der Waals surface area contributed by atoms with Gasteiger partial charge in [-0.1, -0.05) is 25.1 Å². The second-order valence-electron chi connectivity index (χ2n) is 4.98. The first-order valence-corrected chi connectivity index (χ1v) is 6.92. The van der Waals surface area contributed by atoms with Crippen LogP contribution in [0, 0.1) is 0 Å². The molecule has 0 aliphatic heterocycles.